The van der Waals surface area contributed by atoms with Crippen molar-refractivity contribution in [3.8, 4) is 0 Å². The highest BCUT2D eigenvalue weighted by Crippen LogP contribution is 2.36. The number of anilines is 2. The summed E-state index contributed by atoms with van der Waals surface area (Å²) in [5.74, 6) is -0.327. The Kier molecular flexibility index (Phi) is 5.72. The van der Waals surface area contributed by atoms with E-state index in [1.165, 1.54) is 17.0 Å². The van der Waals surface area contributed by atoms with Gasteiger partial charge in [-0.3, -0.25) is 4.79 Å². The average Bonchev–Trinajstić information content (AvgIpc) is 2.54. The Hall–Kier alpha value is -2.21. The van der Waals surface area contributed by atoms with Crippen molar-refractivity contribution in [2.24, 2.45) is 0 Å². The molecule has 24 heavy (non-hydrogen) atoms. The van der Waals surface area contributed by atoms with Crippen LogP contribution in [-0.4, -0.2) is 19.0 Å². The van der Waals surface area contributed by atoms with Crippen molar-refractivity contribution in [1.29, 1.82) is 0 Å². The van der Waals surface area contributed by atoms with Crippen molar-refractivity contribution in [2.45, 2.75) is 13.1 Å². The second kappa shape index (κ2) is 7.57. The van der Waals surface area contributed by atoms with Gasteiger partial charge in [0.2, 0.25) is 5.91 Å². The third-order valence-corrected chi connectivity index (χ3v) is 3.64. The van der Waals surface area contributed by atoms with Crippen molar-refractivity contribution >= 4 is 28.9 Å². The van der Waals surface area contributed by atoms with Crippen LogP contribution in [0.5, 0.6) is 0 Å². The van der Waals surface area contributed by atoms with Crippen molar-refractivity contribution in [3.05, 3.63) is 59.1 Å². The van der Waals surface area contributed by atoms with E-state index < -0.39 is 11.7 Å². The molecule has 0 heterocycles. The Morgan fingerprint density at radius 2 is 1.83 bits per heavy atom. The van der Waals surface area contributed by atoms with E-state index in [4.69, 9.17) is 11.6 Å². The largest absolute Gasteiger partial charge is 0.418 e. The van der Waals surface area contributed by atoms with Crippen molar-refractivity contribution in [2.75, 3.05) is 23.3 Å². The number of nitrogens with one attached hydrogen (secondary N) is 1. The van der Waals surface area contributed by atoms with E-state index in [2.05, 4.69) is 5.32 Å². The lowest BCUT2D eigenvalue weighted by Crippen LogP contribution is -2.35. The van der Waals surface area contributed by atoms with Crippen molar-refractivity contribution in [1.82, 2.24) is 0 Å². The summed E-state index contributed by atoms with van der Waals surface area (Å²) in [4.78, 5) is 13.8. The van der Waals surface area contributed by atoms with Gasteiger partial charge in [0.15, 0.2) is 0 Å². The highest BCUT2D eigenvalue weighted by atomic mass is 35.5. The Morgan fingerprint density at radius 3 is 2.42 bits per heavy atom. The molecule has 2 aromatic rings. The topological polar surface area (TPSA) is 32.3 Å². The van der Waals surface area contributed by atoms with Gasteiger partial charge in [-0.25, -0.2) is 0 Å². The third-order valence-electron chi connectivity index (χ3n) is 3.40. The van der Waals surface area contributed by atoms with E-state index >= 15 is 0 Å². The Labute approximate surface area is 143 Å². The molecule has 0 bridgehead atoms. The average molecular weight is 357 g/mol. The molecule has 0 aliphatic heterocycles. The maximum absolute atomic E-state index is 13.0. The summed E-state index contributed by atoms with van der Waals surface area (Å²) in [6.45, 7) is 1.96. The first kappa shape index (κ1) is 18.1. The van der Waals surface area contributed by atoms with Gasteiger partial charge in [-0.1, -0.05) is 29.8 Å². The first-order valence-corrected chi connectivity index (χ1v) is 7.66. The molecule has 0 spiro atoms. The maximum Gasteiger partial charge on any atom is 0.418 e. The quantitative estimate of drug-likeness (QED) is 0.832. The van der Waals surface area contributed by atoms with Crippen molar-refractivity contribution in [3.63, 3.8) is 0 Å². The van der Waals surface area contributed by atoms with Gasteiger partial charge in [0.1, 0.15) is 0 Å². The Balaban J connectivity index is 2.14. The molecule has 0 saturated carbocycles. The van der Waals surface area contributed by atoms with Gasteiger partial charge >= 0.3 is 6.18 Å². The summed E-state index contributed by atoms with van der Waals surface area (Å²) in [5.41, 5.74) is -0.381. The highest BCUT2D eigenvalue weighted by Gasteiger charge is 2.34. The number of rotatable bonds is 5. The molecular weight excluding hydrogens is 341 g/mol. The van der Waals surface area contributed by atoms with Gasteiger partial charge in [-0.05, 0) is 37.3 Å². The van der Waals surface area contributed by atoms with E-state index in [0.717, 1.165) is 6.07 Å². The number of carbonyl (C=O) groups excluding carboxylic acids is 1. The van der Waals surface area contributed by atoms with Gasteiger partial charge in [0.25, 0.3) is 0 Å². The van der Waals surface area contributed by atoms with Gasteiger partial charge in [0.05, 0.1) is 12.1 Å². The first-order chi connectivity index (χ1) is 11.3. The van der Waals surface area contributed by atoms with Crippen LogP contribution in [0.4, 0.5) is 24.5 Å². The van der Waals surface area contributed by atoms with Crippen LogP contribution in [0.15, 0.2) is 48.5 Å². The predicted octanol–water partition coefficient (Wildman–Crippen LogP) is 4.82. The van der Waals surface area contributed by atoms with E-state index in [9.17, 15) is 18.0 Å². The molecule has 1 amide bonds. The molecule has 0 saturated heterocycles. The number of amides is 1. The lowest BCUT2D eigenvalue weighted by atomic mass is 10.1. The molecule has 3 nitrogen and oxygen atoms in total. The van der Waals surface area contributed by atoms with Crippen LogP contribution in [0, 0.1) is 0 Å². The zero-order valence-corrected chi connectivity index (χ0v) is 13.7. The van der Waals surface area contributed by atoms with Crippen molar-refractivity contribution < 1.29 is 18.0 Å². The predicted molar refractivity (Wildman–Crippen MR) is 89.4 cm³/mol. The normalized spacial score (nSPS) is 11.2. The molecule has 0 aliphatic carbocycles. The molecule has 2 rings (SSSR count). The number of para-hydroxylation sites is 1. The summed E-state index contributed by atoms with van der Waals surface area (Å²) >= 11 is 5.64. The number of alkyl halides is 3. The van der Waals surface area contributed by atoms with Gasteiger partial charge < -0.3 is 10.2 Å². The monoisotopic (exact) mass is 356 g/mol. The number of carbonyl (C=O) groups is 1. The van der Waals surface area contributed by atoms with Gasteiger partial charge in [0, 0.05) is 22.9 Å². The highest BCUT2D eigenvalue weighted by molar-refractivity contribution is 6.30. The molecule has 0 radical (unpaired) electrons. The fraction of sp³-hybridized carbons (Fsp3) is 0.235. The molecule has 7 heteroatoms. The molecular formula is C17H16ClF3N2O. The number of halogens is 4. The number of likely N-dealkylation sites (N-methyl/N-ethyl adjacent to an activating group) is 1. The molecule has 0 aromatic heterocycles. The summed E-state index contributed by atoms with van der Waals surface area (Å²) < 4.78 is 39.1. The lowest BCUT2D eigenvalue weighted by molar-refractivity contribution is -0.137. The lowest BCUT2D eigenvalue weighted by Gasteiger charge is -2.22. The standard InChI is InChI=1S/C17H16ClF3N2O/c1-2-23(13-6-4-3-5-7-13)16(24)11-22-15-9-8-12(18)10-14(15)17(19,20)21/h3-10,22H,2,11H2,1H3. The minimum absolute atomic E-state index is 0.0151. The van der Waals surface area contributed by atoms with Crippen LogP contribution in [0.2, 0.25) is 5.02 Å². The summed E-state index contributed by atoms with van der Waals surface area (Å²) in [5, 5.41) is 2.55. The molecule has 128 valence electrons. The number of benzene rings is 2. The second-order valence-corrected chi connectivity index (χ2v) is 5.45. The summed E-state index contributed by atoms with van der Waals surface area (Å²) in [7, 11) is 0. The van der Waals surface area contributed by atoms with E-state index in [0.29, 0.717) is 12.2 Å². The van der Waals surface area contributed by atoms with Crippen LogP contribution in [0.25, 0.3) is 0 Å². The number of nitrogens with zero attached hydrogens (tertiary/aromatic N) is 1. The van der Waals surface area contributed by atoms with Crippen LogP contribution in [-0.2, 0) is 11.0 Å². The van der Waals surface area contributed by atoms with Crippen LogP contribution >= 0.6 is 11.6 Å². The molecule has 1 N–H and O–H groups in total. The van der Waals surface area contributed by atoms with E-state index in [1.807, 2.05) is 6.07 Å². The maximum atomic E-state index is 13.0. The SMILES string of the molecule is CCN(C(=O)CNc1ccc(Cl)cc1C(F)(F)F)c1ccccc1. The number of hydrogen-bond acceptors (Lipinski definition) is 2. The minimum Gasteiger partial charge on any atom is -0.376 e. The Bertz CT molecular complexity index is 705. The summed E-state index contributed by atoms with van der Waals surface area (Å²) in [6.07, 6.45) is -4.56. The first-order valence-electron chi connectivity index (χ1n) is 7.29. The number of hydrogen-bond donors (Lipinski definition) is 1. The van der Waals surface area contributed by atoms with Crippen LogP contribution in [0.3, 0.4) is 0 Å². The molecule has 0 aliphatic rings. The second-order valence-electron chi connectivity index (χ2n) is 5.01. The smallest absolute Gasteiger partial charge is 0.376 e. The van der Waals surface area contributed by atoms with E-state index in [-0.39, 0.29) is 23.2 Å². The molecule has 0 unspecified atom stereocenters. The fourth-order valence-corrected chi connectivity index (χ4v) is 2.45. The molecule has 0 atom stereocenters. The molecule has 2 aromatic carbocycles. The van der Waals surface area contributed by atoms with Gasteiger partial charge in [-0.2, -0.15) is 13.2 Å². The summed E-state index contributed by atoms with van der Waals surface area (Å²) in [6, 6.07) is 12.3. The zero-order chi connectivity index (χ0) is 17.7. The third kappa shape index (κ3) is 4.41. The fourth-order valence-electron chi connectivity index (χ4n) is 2.28. The zero-order valence-electron chi connectivity index (χ0n) is 12.9. The van der Waals surface area contributed by atoms with E-state index in [1.54, 1.807) is 31.2 Å². The van der Waals surface area contributed by atoms with Gasteiger partial charge in [-0.15, -0.1) is 0 Å². The van der Waals surface area contributed by atoms with Crippen LogP contribution in [0.1, 0.15) is 12.5 Å². The molecule has 0 fully saturated rings. The van der Waals surface area contributed by atoms with Crippen LogP contribution < -0.4 is 10.2 Å². The Morgan fingerprint density at radius 1 is 1.17 bits per heavy atom. The minimum atomic E-state index is -4.56.